The van der Waals surface area contributed by atoms with E-state index in [1.165, 1.54) is 19.1 Å². The van der Waals surface area contributed by atoms with Crippen molar-refractivity contribution in [1.82, 2.24) is 19.8 Å². The predicted molar refractivity (Wildman–Crippen MR) is 158 cm³/mol. The van der Waals surface area contributed by atoms with E-state index in [0.29, 0.717) is 17.5 Å². The van der Waals surface area contributed by atoms with Crippen LogP contribution in [0.4, 0.5) is 15.5 Å². The Balaban J connectivity index is 1.30. The van der Waals surface area contributed by atoms with Gasteiger partial charge in [0.15, 0.2) is 6.10 Å². The third-order valence-corrected chi connectivity index (χ3v) is 7.99. The summed E-state index contributed by atoms with van der Waals surface area (Å²) >= 11 is 1.33. The Morgan fingerprint density at radius 1 is 1.12 bits per heavy atom. The Kier molecular flexibility index (Phi) is 11.1. The van der Waals surface area contributed by atoms with Crippen LogP contribution in [0.1, 0.15) is 31.2 Å². The van der Waals surface area contributed by atoms with Gasteiger partial charge in [0, 0.05) is 4.90 Å². The van der Waals surface area contributed by atoms with Crippen LogP contribution in [0.2, 0.25) is 0 Å². The molecule has 14 heteroatoms. The van der Waals surface area contributed by atoms with Crippen LogP contribution >= 0.6 is 11.9 Å². The van der Waals surface area contributed by atoms with Gasteiger partial charge >= 0.3 is 12.2 Å². The average molecular weight is 616 g/mol. The first-order valence-corrected chi connectivity index (χ1v) is 15.0. The predicted octanol–water partition coefficient (Wildman–Crippen LogP) is 4.00. The average Bonchev–Trinajstić information content (AvgIpc) is 3.67. The highest BCUT2D eigenvalue weighted by molar-refractivity contribution is 7.97. The first-order valence-electron chi connectivity index (χ1n) is 14.3. The third kappa shape index (κ3) is 9.29. The molecular weight excluding hydrogens is 578 g/mol. The molecule has 0 bridgehead atoms. The van der Waals surface area contributed by atoms with Crippen LogP contribution in [0.15, 0.2) is 53.4 Å². The van der Waals surface area contributed by atoms with Gasteiger partial charge in [0.1, 0.15) is 6.79 Å². The molecule has 3 aromatic rings. The number of nitrogens with one attached hydrogen (secondary N) is 3. The van der Waals surface area contributed by atoms with Crippen LogP contribution in [-0.2, 0) is 30.2 Å². The number of nitrogens with zero attached hydrogens (tertiary/aromatic N) is 2. The highest BCUT2D eigenvalue weighted by atomic mass is 32.2. The van der Waals surface area contributed by atoms with Crippen molar-refractivity contribution in [3.8, 4) is 0 Å². The molecule has 2 aromatic carbocycles. The number of ether oxygens (including phenoxy) is 4. The molecule has 0 radical (unpaired) electrons. The van der Waals surface area contributed by atoms with Crippen molar-refractivity contribution >= 4 is 41.1 Å². The van der Waals surface area contributed by atoms with Crippen LogP contribution in [-0.4, -0.2) is 89.7 Å². The summed E-state index contributed by atoms with van der Waals surface area (Å²) in [4.78, 5) is 39.0. The quantitative estimate of drug-likeness (QED) is 0.173. The van der Waals surface area contributed by atoms with Gasteiger partial charge in [-0.05, 0) is 55.0 Å². The van der Waals surface area contributed by atoms with E-state index >= 15 is 0 Å². The number of anilines is 1. The van der Waals surface area contributed by atoms with Crippen LogP contribution in [0.25, 0.3) is 11.0 Å². The molecule has 232 valence electrons. The van der Waals surface area contributed by atoms with E-state index in [-0.39, 0.29) is 38.6 Å². The SMILES string of the molecule is COC(=O)Nc1nc2ccc(SN(C[C@@H](O)[C@H](Cc3ccccc3)NC(=O)OC3COCOC3)OC3CCCC3)cc2[nH]1. The maximum absolute atomic E-state index is 12.8. The smallest absolute Gasteiger partial charge is 0.413 e. The summed E-state index contributed by atoms with van der Waals surface area (Å²) in [7, 11) is 1.28. The number of carbonyl (C=O) groups excluding carboxylic acids is 2. The maximum Gasteiger partial charge on any atom is 0.413 e. The molecule has 0 unspecified atom stereocenters. The second kappa shape index (κ2) is 15.4. The van der Waals surface area contributed by atoms with Gasteiger partial charge in [-0.25, -0.2) is 14.6 Å². The molecule has 1 saturated heterocycles. The second-order valence-electron chi connectivity index (χ2n) is 10.4. The van der Waals surface area contributed by atoms with Crippen molar-refractivity contribution in [2.45, 2.75) is 61.4 Å². The molecule has 2 heterocycles. The molecule has 13 nitrogen and oxygen atoms in total. The van der Waals surface area contributed by atoms with Gasteiger partial charge in [0.25, 0.3) is 0 Å². The van der Waals surface area contributed by atoms with Crippen molar-refractivity contribution in [2.24, 2.45) is 0 Å². The number of aromatic nitrogens is 2. The number of aliphatic hydroxyl groups excluding tert-OH is 1. The molecule has 43 heavy (non-hydrogen) atoms. The van der Waals surface area contributed by atoms with E-state index in [9.17, 15) is 14.7 Å². The summed E-state index contributed by atoms with van der Waals surface area (Å²) in [5, 5.41) is 16.9. The van der Waals surface area contributed by atoms with Gasteiger partial charge in [-0.2, -0.15) is 0 Å². The summed E-state index contributed by atoms with van der Waals surface area (Å²) in [5.74, 6) is 0.270. The van der Waals surface area contributed by atoms with Crippen LogP contribution in [0, 0.1) is 0 Å². The highest BCUT2D eigenvalue weighted by Crippen LogP contribution is 2.31. The topological polar surface area (TPSA) is 156 Å². The lowest BCUT2D eigenvalue weighted by molar-refractivity contribution is -0.152. The van der Waals surface area contributed by atoms with E-state index in [0.717, 1.165) is 36.1 Å². The van der Waals surface area contributed by atoms with Crippen molar-refractivity contribution < 1.29 is 38.5 Å². The summed E-state index contributed by atoms with van der Waals surface area (Å²) in [6.45, 7) is 0.773. The van der Waals surface area contributed by atoms with Crippen LogP contribution < -0.4 is 10.6 Å². The third-order valence-electron chi connectivity index (χ3n) is 7.09. The lowest BCUT2D eigenvalue weighted by atomic mass is 10.0. The summed E-state index contributed by atoms with van der Waals surface area (Å²) in [6.07, 6.45) is 1.63. The zero-order valence-corrected chi connectivity index (χ0v) is 24.7. The first-order chi connectivity index (χ1) is 20.9. The fraction of sp³-hybridized carbons (Fsp3) is 0.483. The Bertz CT molecular complexity index is 1330. The Labute approximate surface area is 253 Å². The van der Waals surface area contributed by atoms with Gasteiger partial charge in [-0.1, -0.05) is 43.2 Å². The van der Waals surface area contributed by atoms with E-state index in [1.54, 1.807) is 4.47 Å². The fourth-order valence-electron chi connectivity index (χ4n) is 4.93. The maximum atomic E-state index is 12.8. The lowest BCUT2D eigenvalue weighted by Crippen LogP contribution is -2.50. The van der Waals surface area contributed by atoms with Crippen molar-refractivity contribution in [2.75, 3.05) is 39.0 Å². The van der Waals surface area contributed by atoms with E-state index in [2.05, 4.69) is 25.3 Å². The fourth-order valence-corrected chi connectivity index (χ4v) is 5.86. The number of alkyl carbamates (subject to hydrolysis) is 1. The summed E-state index contributed by atoms with van der Waals surface area (Å²) in [5.41, 5.74) is 2.33. The summed E-state index contributed by atoms with van der Waals surface area (Å²) < 4.78 is 22.2. The Hall–Kier alpha value is -3.40. The molecule has 4 N–H and O–H groups in total. The van der Waals surface area contributed by atoms with Gasteiger partial charge in [-0.3, -0.25) is 10.2 Å². The standard InChI is InChI=1S/C29H37N5O8S/c1-38-28(36)33-27-30-23-12-11-22(14-24(23)31-27)43-34(42-20-9-5-6-10-20)15-26(35)25(13-19-7-3-2-4-8-19)32-29(37)41-21-16-39-18-40-17-21/h2-4,7-8,11-12,14,20-21,25-26,35H,5-6,9-10,13,15-18H2,1H3,(H,32,37)(H2,30,31,33,36)/t25-,26+/m0/s1. The number of hydrogen-bond donors (Lipinski definition) is 4. The molecule has 2 amide bonds. The zero-order valence-electron chi connectivity index (χ0n) is 23.9. The van der Waals surface area contributed by atoms with E-state index in [1.807, 2.05) is 48.5 Å². The molecule has 1 saturated carbocycles. The largest absolute Gasteiger partial charge is 0.453 e. The monoisotopic (exact) mass is 615 g/mol. The van der Waals surface area contributed by atoms with Gasteiger partial charge < -0.3 is 34.4 Å². The zero-order chi connectivity index (χ0) is 30.0. The number of benzene rings is 2. The van der Waals surface area contributed by atoms with E-state index < -0.39 is 30.4 Å². The molecule has 1 aromatic heterocycles. The number of fused-ring (bicyclic) bond motifs is 1. The van der Waals surface area contributed by atoms with E-state index in [4.69, 9.17) is 19.0 Å². The number of carbonyl (C=O) groups is 2. The Morgan fingerprint density at radius 3 is 2.63 bits per heavy atom. The van der Waals surface area contributed by atoms with Crippen molar-refractivity contribution in [3.05, 3.63) is 54.1 Å². The van der Waals surface area contributed by atoms with Crippen LogP contribution in [0.5, 0.6) is 0 Å². The second-order valence-corrected chi connectivity index (χ2v) is 11.5. The minimum absolute atomic E-state index is 0.0308. The number of methoxy groups -OCH3 is 1. The van der Waals surface area contributed by atoms with Crippen molar-refractivity contribution in [1.29, 1.82) is 0 Å². The first kappa shape index (κ1) is 31.0. The molecule has 1 aliphatic heterocycles. The van der Waals surface area contributed by atoms with Gasteiger partial charge in [-0.15, -0.1) is 4.47 Å². The number of aromatic amines is 1. The number of aliphatic hydroxyl groups is 1. The molecule has 1 aliphatic carbocycles. The van der Waals surface area contributed by atoms with Gasteiger partial charge in [0.2, 0.25) is 5.95 Å². The molecule has 2 atom stereocenters. The number of amides is 2. The molecular formula is C29H37N5O8S. The number of hydrogen-bond acceptors (Lipinski definition) is 11. The minimum atomic E-state index is -1.01. The molecule has 0 spiro atoms. The van der Waals surface area contributed by atoms with Crippen LogP contribution in [0.3, 0.4) is 0 Å². The molecule has 5 rings (SSSR count). The minimum Gasteiger partial charge on any atom is -0.453 e. The highest BCUT2D eigenvalue weighted by Gasteiger charge is 2.29. The number of H-pyrrole nitrogens is 1. The number of rotatable bonds is 12. The normalized spacial score (nSPS) is 17.6. The van der Waals surface area contributed by atoms with Crippen molar-refractivity contribution in [3.63, 3.8) is 0 Å². The molecule has 2 aliphatic rings. The summed E-state index contributed by atoms with van der Waals surface area (Å²) in [6, 6.07) is 14.6. The lowest BCUT2D eigenvalue weighted by Gasteiger charge is -2.31. The molecule has 2 fully saturated rings. The Morgan fingerprint density at radius 2 is 1.88 bits per heavy atom. The van der Waals surface area contributed by atoms with Gasteiger partial charge in [0.05, 0.1) is 56.2 Å². The number of hydroxylamine groups is 1. The number of imidazole rings is 1.